The summed E-state index contributed by atoms with van der Waals surface area (Å²) in [5, 5.41) is 3.16. The van der Waals surface area contributed by atoms with Crippen LogP contribution in [0.15, 0.2) is 48.5 Å². The zero-order valence-corrected chi connectivity index (χ0v) is 15.1. The van der Waals surface area contributed by atoms with Crippen molar-refractivity contribution in [1.82, 2.24) is 15.3 Å². The fourth-order valence-electron chi connectivity index (χ4n) is 3.77. The van der Waals surface area contributed by atoms with Gasteiger partial charge in [-0.2, -0.15) is 0 Å². The molecule has 0 radical (unpaired) electrons. The van der Waals surface area contributed by atoms with Gasteiger partial charge in [-0.1, -0.05) is 36.8 Å². The van der Waals surface area contributed by atoms with Crippen molar-refractivity contribution in [1.29, 1.82) is 0 Å². The van der Waals surface area contributed by atoms with E-state index in [0.717, 1.165) is 47.4 Å². The number of amides is 1. The van der Waals surface area contributed by atoms with Crippen molar-refractivity contribution in [3.8, 4) is 5.75 Å². The van der Waals surface area contributed by atoms with Crippen molar-refractivity contribution >= 4 is 16.9 Å². The molecule has 1 heterocycles. The van der Waals surface area contributed by atoms with Crippen LogP contribution in [0.3, 0.4) is 0 Å². The number of hydrogen-bond donors (Lipinski definition) is 2. The Kier molecular flexibility index (Phi) is 4.15. The van der Waals surface area contributed by atoms with Crippen LogP contribution in [0.4, 0.5) is 0 Å². The predicted molar refractivity (Wildman–Crippen MR) is 101 cm³/mol. The molecule has 0 spiro atoms. The summed E-state index contributed by atoms with van der Waals surface area (Å²) in [6, 6.07) is 15.5. The quantitative estimate of drug-likeness (QED) is 0.735. The molecule has 1 amide bonds. The van der Waals surface area contributed by atoms with E-state index in [1.54, 1.807) is 7.11 Å². The predicted octanol–water partition coefficient (Wildman–Crippen LogP) is 3.87. The number of para-hydroxylation sites is 3. The number of carbonyl (C=O) groups is 1. The highest BCUT2D eigenvalue weighted by Crippen LogP contribution is 2.47. The standard InChI is InChI=1S/C21H23N3O2/c1-14(19-23-16-9-4-5-10-17(16)24-19)22-20(25)21(12-7-13-21)15-8-3-6-11-18(15)26-2/h3-6,8-11,14H,7,12-13H2,1-2H3,(H,22,25)(H,23,24). The fraction of sp³-hybridized carbons (Fsp3) is 0.333. The smallest absolute Gasteiger partial charge is 0.231 e. The van der Waals surface area contributed by atoms with Gasteiger partial charge in [0, 0.05) is 5.56 Å². The Bertz CT molecular complexity index is 910. The minimum atomic E-state index is -0.507. The highest BCUT2D eigenvalue weighted by atomic mass is 16.5. The van der Waals surface area contributed by atoms with E-state index in [1.165, 1.54) is 0 Å². The Balaban J connectivity index is 1.59. The summed E-state index contributed by atoms with van der Waals surface area (Å²) in [6.07, 6.45) is 2.72. The molecule has 0 saturated heterocycles. The molecule has 1 unspecified atom stereocenters. The maximum absolute atomic E-state index is 13.2. The molecule has 134 valence electrons. The lowest BCUT2D eigenvalue weighted by molar-refractivity contribution is -0.130. The van der Waals surface area contributed by atoms with Crippen molar-refractivity contribution < 1.29 is 9.53 Å². The zero-order chi connectivity index (χ0) is 18.1. The summed E-state index contributed by atoms with van der Waals surface area (Å²) in [4.78, 5) is 21.1. The van der Waals surface area contributed by atoms with Crippen molar-refractivity contribution in [2.45, 2.75) is 37.6 Å². The van der Waals surface area contributed by atoms with E-state index in [2.05, 4.69) is 15.3 Å². The van der Waals surface area contributed by atoms with Gasteiger partial charge in [0.25, 0.3) is 0 Å². The summed E-state index contributed by atoms with van der Waals surface area (Å²) in [5.41, 5.74) is 2.36. The number of fused-ring (bicyclic) bond motifs is 1. The number of H-pyrrole nitrogens is 1. The highest BCUT2D eigenvalue weighted by molar-refractivity contribution is 5.90. The van der Waals surface area contributed by atoms with E-state index in [4.69, 9.17) is 4.74 Å². The monoisotopic (exact) mass is 349 g/mol. The maximum Gasteiger partial charge on any atom is 0.231 e. The fourth-order valence-corrected chi connectivity index (χ4v) is 3.77. The summed E-state index contributed by atoms with van der Waals surface area (Å²) < 4.78 is 5.51. The van der Waals surface area contributed by atoms with Crippen LogP contribution < -0.4 is 10.1 Å². The van der Waals surface area contributed by atoms with Crippen LogP contribution >= 0.6 is 0 Å². The van der Waals surface area contributed by atoms with E-state index in [-0.39, 0.29) is 11.9 Å². The molecule has 4 rings (SSSR count). The third-order valence-electron chi connectivity index (χ3n) is 5.43. The first kappa shape index (κ1) is 16.6. The minimum absolute atomic E-state index is 0.0428. The van der Waals surface area contributed by atoms with Crippen molar-refractivity contribution in [3.05, 3.63) is 59.9 Å². The average Bonchev–Trinajstić information content (AvgIpc) is 3.05. The zero-order valence-electron chi connectivity index (χ0n) is 15.1. The molecule has 1 aromatic heterocycles. The second-order valence-electron chi connectivity index (χ2n) is 6.97. The molecule has 2 N–H and O–H groups in total. The summed E-state index contributed by atoms with van der Waals surface area (Å²) in [6.45, 7) is 1.96. The van der Waals surface area contributed by atoms with Gasteiger partial charge >= 0.3 is 0 Å². The van der Waals surface area contributed by atoms with Gasteiger partial charge in [0.05, 0.1) is 29.6 Å². The number of hydrogen-bond acceptors (Lipinski definition) is 3. The first-order chi connectivity index (χ1) is 12.6. The first-order valence-electron chi connectivity index (χ1n) is 9.03. The molecule has 1 fully saturated rings. The molecule has 1 aliphatic rings. The molecule has 0 bridgehead atoms. The Labute approximate surface area is 152 Å². The van der Waals surface area contributed by atoms with Crippen LogP contribution in [-0.4, -0.2) is 23.0 Å². The van der Waals surface area contributed by atoms with Gasteiger partial charge in [-0.15, -0.1) is 0 Å². The molecular formula is C21H23N3O2. The number of imidazole rings is 1. The molecule has 5 nitrogen and oxygen atoms in total. The number of carbonyl (C=O) groups excluding carboxylic acids is 1. The molecular weight excluding hydrogens is 326 g/mol. The largest absolute Gasteiger partial charge is 0.496 e. The van der Waals surface area contributed by atoms with E-state index >= 15 is 0 Å². The van der Waals surface area contributed by atoms with Gasteiger partial charge < -0.3 is 15.0 Å². The number of methoxy groups -OCH3 is 1. The Morgan fingerprint density at radius 1 is 1.19 bits per heavy atom. The topological polar surface area (TPSA) is 67.0 Å². The van der Waals surface area contributed by atoms with E-state index in [1.807, 2.05) is 55.5 Å². The third kappa shape index (κ3) is 2.64. The van der Waals surface area contributed by atoms with Crippen LogP contribution in [-0.2, 0) is 10.2 Å². The van der Waals surface area contributed by atoms with Crippen molar-refractivity contribution in [3.63, 3.8) is 0 Å². The molecule has 3 aromatic rings. The number of ether oxygens (including phenoxy) is 1. The van der Waals surface area contributed by atoms with Gasteiger partial charge in [-0.25, -0.2) is 4.98 Å². The van der Waals surface area contributed by atoms with Gasteiger partial charge in [-0.3, -0.25) is 4.79 Å². The lowest BCUT2D eigenvalue weighted by Crippen LogP contribution is -2.50. The van der Waals surface area contributed by atoms with Crippen LogP contribution in [0.2, 0.25) is 0 Å². The number of benzene rings is 2. The van der Waals surface area contributed by atoms with Crippen molar-refractivity contribution in [2.24, 2.45) is 0 Å². The summed E-state index contributed by atoms with van der Waals surface area (Å²) in [5.74, 6) is 1.59. The molecule has 1 aliphatic carbocycles. The number of aromatic nitrogens is 2. The number of nitrogens with zero attached hydrogens (tertiary/aromatic N) is 1. The molecule has 26 heavy (non-hydrogen) atoms. The first-order valence-corrected chi connectivity index (χ1v) is 9.03. The minimum Gasteiger partial charge on any atom is -0.496 e. The van der Waals surface area contributed by atoms with Gasteiger partial charge in [0.1, 0.15) is 11.6 Å². The van der Waals surface area contributed by atoms with E-state index in [9.17, 15) is 4.79 Å². The highest BCUT2D eigenvalue weighted by Gasteiger charge is 2.47. The van der Waals surface area contributed by atoms with Crippen LogP contribution in [0, 0.1) is 0 Å². The van der Waals surface area contributed by atoms with Gasteiger partial charge in [-0.05, 0) is 38.0 Å². The molecule has 1 saturated carbocycles. The van der Waals surface area contributed by atoms with E-state index < -0.39 is 5.41 Å². The number of nitrogens with one attached hydrogen (secondary N) is 2. The maximum atomic E-state index is 13.2. The second kappa shape index (κ2) is 6.48. The van der Waals surface area contributed by atoms with Crippen molar-refractivity contribution in [2.75, 3.05) is 7.11 Å². The Hall–Kier alpha value is -2.82. The van der Waals surface area contributed by atoms with Crippen LogP contribution in [0.1, 0.15) is 43.6 Å². The molecule has 5 heteroatoms. The molecule has 0 aliphatic heterocycles. The average molecular weight is 349 g/mol. The lowest BCUT2D eigenvalue weighted by atomic mass is 9.63. The SMILES string of the molecule is COc1ccccc1C1(C(=O)NC(C)c2nc3ccccc3[nH]2)CCC1. The summed E-state index contributed by atoms with van der Waals surface area (Å²) in [7, 11) is 1.65. The Morgan fingerprint density at radius 2 is 1.92 bits per heavy atom. The lowest BCUT2D eigenvalue weighted by Gasteiger charge is -2.41. The van der Waals surface area contributed by atoms with Crippen LogP contribution in [0.25, 0.3) is 11.0 Å². The normalized spacial score (nSPS) is 16.7. The van der Waals surface area contributed by atoms with Crippen LogP contribution in [0.5, 0.6) is 5.75 Å². The molecule has 1 atom stereocenters. The van der Waals surface area contributed by atoms with Gasteiger partial charge in [0.2, 0.25) is 5.91 Å². The third-order valence-corrected chi connectivity index (χ3v) is 5.43. The number of aromatic amines is 1. The van der Waals surface area contributed by atoms with E-state index in [0.29, 0.717) is 0 Å². The Morgan fingerprint density at radius 3 is 2.62 bits per heavy atom. The second-order valence-corrected chi connectivity index (χ2v) is 6.97. The summed E-state index contributed by atoms with van der Waals surface area (Å²) >= 11 is 0. The number of rotatable bonds is 5. The van der Waals surface area contributed by atoms with Gasteiger partial charge in [0.15, 0.2) is 0 Å². The molecule has 2 aromatic carbocycles.